The molecule has 0 bridgehead atoms. The third-order valence-electron chi connectivity index (χ3n) is 4.85. The summed E-state index contributed by atoms with van der Waals surface area (Å²) in [5.41, 5.74) is 4.58. The number of hydrogen-bond donors (Lipinski definition) is 1. The Bertz CT molecular complexity index is 536. The smallest absolute Gasteiger partial charge is 0.00987 e. The van der Waals surface area contributed by atoms with E-state index in [1.54, 1.807) is 11.1 Å². The lowest BCUT2D eigenvalue weighted by molar-refractivity contribution is 0.358. The number of aryl methyl sites for hydroxylation is 1. The Labute approximate surface area is 128 Å². The zero-order valence-electron chi connectivity index (χ0n) is 12.9. The largest absolute Gasteiger partial charge is 0.317 e. The normalized spacial score (nSPS) is 15.9. The molecule has 0 aliphatic heterocycles. The SMILES string of the molecule is CNC(CCCc1ccccc1)C1Cc2ccccc2C1. The van der Waals surface area contributed by atoms with E-state index >= 15 is 0 Å². The highest BCUT2D eigenvalue weighted by Gasteiger charge is 2.27. The molecule has 1 atom stereocenters. The van der Waals surface area contributed by atoms with E-state index in [0.717, 1.165) is 5.92 Å². The van der Waals surface area contributed by atoms with Gasteiger partial charge in [-0.15, -0.1) is 0 Å². The summed E-state index contributed by atoms with van der Waals surface area (Å²) in [6.07, 6.45) is 6.21. The van der Waals surface area contributed by atoms with Gasteiger partial charge in [-0.3, -0.25) is 0 Å². The van der Waals surface area contributed by atoms with Gasteiger partial charge in [0.05, 0.1) is 0 Å². The molecule has 21 heavy (non-hydrogen) atoms. The van der Waals surface area contributed by atoms with E-state index in [-0.39, 0.29) is 0 Å². The first-order valence-electron chi connectivity index (χ1n) is 8.15. The van der Waals surface area contributed by atoms with Gasteiger partial charge < -0.3 is 5.32 Å². The molecule has 0 heterocycles. The van der Waals surface area contributed by atoms with Gasteiger partial charge in [0.1, 0.15) is 0 Å². The predicted octanol–water partition coefficient (Wildman–Crippen LogP) is 4.01. The molecule has 1 unspecified atom stereocenters. The third kappa shape index (κ3) is 3.54. The summed E-state index contributed by atoms with van der Waals surface area (Å²) in [4.78, 5) is 0. The van der Waals surface area contributed by atoms with Crippen molar-refractivity contribution in [3.8, 4) is 0 Å². The second kappa shape index (κ2) is 6.91. The Morgan fingerprint density at radius 3 is 2.19 bits per heavy atom. The van der Waals surface area contributed by atoms with Crippen LogP contribution in [0.1, 0.15) is 29.5 Å². The maximum Gasteiger partial charge on any atom is 0.00987 e. The molecule has 0 saturated carbocycles. The Kier molecular flexibility index (Phi) is 4.72. The van der Waals surface area contributed by atoms with Crippen LogP contribution in [0.25, 0.3) is 0 Å². The van der Waals surface area contributed by atoms with E-state index in [4.69, 9.17) is 0 Å². The third-order valence-corrected chi connectivity index (χ3v) is 4.85. The molecule has 1 nitrogen and oxygen atoms in total. The molecule has 2 aromatic carbocycles. The highest BCUT2D eigenvalue weighted by Crippen LogP contribution is 2.30. The van der Waals surface area contributed by atoms with Gasteiger partial charge in [0.2, 0.25) is 0 Å². The first-order chi connectivity index (χ1) is 10.4. The molecule has 3 rings (SSSR count). The summed E-state index contributed by atoms with van der Waals surface area (Å²) in [7, 11) is 2.12. The Morgan fingerprint density at radius 2 is 1.57 bits per heavy atom. The lowest BCUT2D eigenvalue weighted by atomic mass is 9.91. The number of hydrogen-bond acceptors (Lipinski definition) is 1. The molecular formula is C20H25N. The van der Waals surface area contributed by atoms with E-state index in [1.165, 1.54) is 37.7 Å². The van der Waals surface area contributed by atoms with Crippen molar-refractivity contribution in [3.63, 3.8) is 0 Å². The highest BCUT2D eigenvalue weighted by molar-refractivity contribution is 5.32. The maximum absolute atomic E-state index is 3.57. The molecule has 0 aromatic heterocycles. The summed E-state index contributed by atoms with van der Waals surface area (Å²) in [5, 5.41) is 3.57. The van der Waals surface area contributed by atoms with Gasteiger partial charge in [-0.25, -0.2) is 0 Å². The summed E-state index contributed by atoms with van der Waals surface area (Å²) in [5.74, 6) is 0.767. The van der Waals surface area contributed by atoms with Crippen molar-refractivity contribution in [1.82, 2.24) is 5.32 Å². The number of nitrogens with one attached hydrogen (secondary N) is 1. The molecule has 1 aliphatic carbocycles. The van der Waals surface area contributed by atoms with Crippen LogP contribution in [0.15, 0.2) is 54.6 Å². The molecule has 1 aliphatic rings. The van der Waals surface area contributed by atoms with Crippen molar-refractivity contribution in [2.24, 2.45) is 5.92 Å². The molecule has 110 valence electrons. The van der Waals surface area contributed by atoms with Crippen molar-refractivity contribution in [1.29, 1.82) is 0 Å². The molecule has 0 radical (unpaired) electrons. The van der Waals surface area contributed by atoms with Crippen LogP contribution >= 0.6 is 0 Å². The van der Waals surface area contributed by atoms with Crippen molar-refractivity contribution >= 4 is 0 Å². The van der Waals surface area contributed by atoms with Crippen LogP contribution in [-0.2, 0) is 19.3 Å². The van der Waals surface area contributed by atoms with Gasteiger partial charge in [0.15, 0.2) is 0 Å². The zero-order valence-corrected chi connectivity index (χ0v) is 12.9. The molecule has 0 saturated heterocycles. The molecule has 1 N–H and O–H groups in total. The van der Waals surface area contributed by atoms with Gasteiger partial charge in [-0.2, -0.15) is 0 Å². The fourth-order valence-electron chi connectivity index (χ4n) is 3.66. The molecule has 2 aromatic rings. The monoisotopic (exact) mass is 279 g/mol. The Morgan fingerprint density at radius 1 is 0.952 bits per heavy atom. The minimum atomic E-state index is 0.640. The second-order valence-corrected chi connectivity index (χ2v) is 6.21. The topological polar surface area (TPSA) is 12.0 Å². The molecule has 0 fully saturated rings. The van der Waals surface area contributed by atoms with Crippen LogP contribution in [-0.4, -0.2) is 13.1 Å². The fraction of sp³-hybridized carbons (Fsp3) is 0.400. The lowest BCUT2D eigenvalue weighted by Crippen LogP contribution is -2.34. The van der Waals surface area contributed by atoms with Gasteiger partial charge in [0.25, 0.3) is 0 Å². The molecular weight excluding hydrogens is 254 g/mol. The van der Waals surface area contributed by atoms with Gasteiger partial charge in [0, 0.05) is 6.04 Å². The van der Waals surface area contributed by atoms with Crippen molar-refractivity contribution < 1.29 is 0 Å². The number of benzene rings is 2. The van der Waals surface area contributed by atoms with Crippen molar-refractivity contribution in [3.05, 3.63) is 71.3 Å². The average Bonchev–Trinajstić information content (AvgIpc) is 2.96. The Balaban J connectivity index is 1.52. The van der Waals surface area contributed by atoms with Crippen LogP contribution in [0, 0.1) is 5.92 Å². The maximum atomic E-state index is 3.57. The van der Waals surface area contributed by atoms with E-state index in [9.17, 15) is 0 Å². The van der Waals surface area contributed by atoms with E-state index in [0.29, 0.717) is 6.04 Å². The van der Waals surface area contributed by atoms with E-state index in [1.807, 2.05) is 0 Å². The van der Waals surface area contributed by atoms with Gasteiger partial charge >= 0.3 is 0 Å². The standard InChI is InChI=1S/C20H25N/c1-21-20(13-7-10-16-8-3-2-4-9-16)19-14-17-11-5-6-12-18(17)15-19/h2-6,8-9,11-12,19-21H,7,10,13-15H2,1H3. The van der Waals surface area contributed by atoms with E-state index < -0.39 is 0 Å². The zero-order chi connectivity index (χ0) is 14.5. The fourth-order valence-corrected chi connectivity index (χ4v) is 3.66. The lowest BCUT2D eigenvalue weighted by Gasteiger charge is -2.23. The summed E-state index contributed by atoms with van der Waals surface area (Å²) < 4.78 is 0. The van der Waals surface area contributed by atoms with Crippen LogP contribution in [0.2, 0.25) is 0 Å². The number of fused-ring (bicyclic) bond motifs is 1. The average molecular weight is 279 g/mol. The minimum Gasteiger partial charge on any atom is -0.317 e. The van der Waals surface area contributed by atoms with Crippen LogP contribution in [0.3, 0.4) is 0 Å². The summed E-state index contributed by atoms with van der Waals surface area (Å²) in [6, 6.07) is 20.4. The van der Waals surface area contributed by atoms with Crippen molar-refractivity contribution in [2.75, 3.05) is 7.05 Å². The van der Waals surface area contributed by atoms with Gasteiger partial charge in [-0.05, 0) is 61.8 Å². The second-order valence-electron chi connectivity index (χ2n) is 6.21. The molecule has 0 spiro atoms. The first-order valence-corrected chi connectivity index (χ1v) is 8.15. The molecule has 1 heteroatoms. The molecule has 0 amide bonds. The van der Waals surface area contributed by atoms with Crippen LogP contribution < -0.4 is 5.32 Å². The number of rotatable bonds is 6. The quantitative estimate of drug-likeness (QED) is 0.842. The van der Waals surface area contributed by atoms with E-state index in [2.05, 4.69) is 67.0 Å². The summed E-state index contributed by atoms with van der Waals surface area (Å²) in [6.45, 7) is 0. The van der Waals surface area contributed by atoms with Crippen LogP contribution in [0.5, 0.6) is 0 Å². The van der Waals surface area contributed by atoms with Crippen molar-refractivity contribution in [2.45, 2.75) is 38.1 Å². The minimum absolute atomic E-state index is 0.640. The van der Waals surface area contributed by atoms with Gasteiger partial charge in [-0.1, -0.05) is 54.6 Å². The predicted molar refractivity (Wildman–Crippen MR) is 89.6 cm³/mol. The summed E-state index contributed by atoms with van der Waals surface area (Å²) >= 11 is 0. The van der Waals surface area contributed by atoms with Crippen LogP contribution in [0.4, 0.5) is 0 Å². The Hall–Kier alpha value is -1.60. The first kappa shape index (κ1) is 14.3. The highest BCUT2D eigenvalue weighted by atomic mass is 14.9.